The molecule has 0 heterocycles. The molecular weight excluding hydrogens is 306 g/mol. The zero-order valence-corrected chi connectivity index (χ0v) is 14.0. The standard InChI is InChI=1S/C22H15N3/c1-12-19(11-24)15(10-23)9-18-20(12)21-16(13(2)22(18)25)8-7-14-5-3-4-6-17(14)21/h3-9H,25H2,1-2H3. The van der Waals surface area contributed by atoms with Crippen molar-refractivity contribution < 1.29 is 0 Å². The van der Waals surface area contributed by atoms with Gasteiger partial charge in [0.1, 0.15) is 12.1 Å². The fourth-order valence-electron chi connectivity index (χ4n) is 3.78. The summed E-state index contributed by atoms with van der Waals surface area (Å²) >= 11 is 0. The van der Waals surface area contributed by atoms with Crippen molar-refractivity contribution in [2.75, 3.05) is 5.73 Å². The number of anilines is 1. The first kappa shape index (κ1) is 15.0. The van der Waals surface area contributed by atoms with Gasteiger partial charge in [0.2, 0.25) is 0 Å². The van der Waals surface area contributed by atoms with Crippen LogP contribution in [0.4, 0.5) is 5.69 Å². The average molecular weight is 321 g/mol. The minimum atomic E-state index is 0.373. The van der Waals surface area contributed by atoms with Crippen molar-refractivity contribution in [3.05, 3.63) is 64.7 Å². The van der Waals surface area contributed by atoms with E-state index in [2.05, 4.69) is 36.4 Å². The first-order valence-electron chi connectivity index (χ1n) is 8.05. The van der Waals surface area contributed by atoms with Crippen molar-refractivity contribution in [2.24, 2.45) is 0 Å². The van der Waals surface area contributed by atoms with Crippen LogP contribution in [0.25, 0.3) is 32.3 Å². The minimum absolute atomic E-state index is 0.373. The first-order valence-corrected chi connectivity index (χ1v) is 8.05. The number of fused-ring (bicyclic) bond motifs is 5. The van der Waals surface area contributed by atoms with E-state index in [1.165, 1.54) is 0 Å². The van der Waals surface area contributed by atoms with Crippen LogP contribution in [0.2, 0.25) is 0 Å². The number of benzene rings is 4. The van der Waals surface area contributed by atoms with Crippen LogP contribution in [0, 0.1) is 36.5 Å². The van der Waals surface area contributed by atoms with Crippen molar-refractivity contribution in [1.29, 1.82) is 10.5 Å². The van der Waals surface area contributed by atoms with E-state index in [1.807, 2.05) is 26.0 Å². The summed E-state index contributed by atoms with van der Waals surface area (Å²) in [5, 5.41) is 25.3. The first-order chi connectivity index (χ1) is 12.1. The number of hydrogen-bond donors (Lipinski definition) is 1. The van der Waals surface area contributed by atoms with Crippen molar-refractivity contribution in [3.63, 3.8) is 0 Å². The summed E-state index contributed by atoms with van der Waals surface area (Å²) in [5.74, 6) is 0. The van der Waals surface area contributed by atoms with Crippen molar-refractivity contribution in [2.45, 2.75) is 13.8 Å². The molecule has 0 unspecified atom stereocenters. The fourth-order valence-corrected chi connectivity index (χ4v) is 3.78. The van der Waals surface area contributed by atoms with Crippen LogP contribution in [0.5, 0.6) is 0 Å². The molecule has 0 aliphatic heterocycles. The quantitative estimate of drug-likeness (QED) is 0.362. The minimum Gasteiger partial charge on any atom is -0.398 e. The summed E-state index contributed by atoms with van der Waals surface area (Å²) in [7, 11) is 0. The van der Waals surface area contributed by atoms with Crippen LogP contribution in [-0.4, -0.2) is 0 Å². The van der Waals surface area contributed by atoms with E-state index in [0.717, 1.165) is 43.4 Å². The van der Waals surface area contributed by atoms with Crippen LogP contribution >= 0.6 is 0 Å². The van der Waals surface area contributed by atoms with Gasteiger partial charge in [-0.2, -0.15) is 10.5 Å². The van der Waals surface area contributed by atoms with Gasteiger partial charge in [-0.05, 0) is 58.0 Å². The van der Waals surface area contributed by atoms with Gasteiger partial charge in [-0.3, -0.25) is 0 Å². The van der Waals surface area contributed by atoms with E-state index in [4.69, 9.17) is 5.73 Å². The molecule has 0 fully saturated rings. The molecule has 0 amide bonds. The molecule has 0 aromatic heterocycles. The van der Waals surface area contributed by atoms with Gasteiger partial charge in [0, 0.05) is 11.1 Å². The summed E-state index contributed by atoms with van der Waals surface area (Å²) in [6.45, 7) is 3.91. The van der Waals surface area contributed by atoms with E-state index in [0.29, 0.717) is 16.8 Å². The Bertz CT molecular complexity index is 1280. The zero-order chi connectivity index (χ0) is 17.7. The fraction of sp³-hybridized carbons (Fsp3) is 0.0909. The van der Waals surface area contributed by atoms with Crippen molar-refractivity contribution >= 4 is 38.0 Å². The van der Waals surface area contributed by atoms with E-state index < -0.39 is 0 Å². The number of nitrogens with two attached hydrogens (primary N) is 1. The van der Waals surface area contributed by atoms with Crippen LogP contribution in [0.15, 0.2) is 42.5 Å². The van der Waals surface area contributed by atoms with Gasteiger partial charge in [-0.1, -0.05) is 36.4 Å². The Morgan fingerprint density at radius 1 is 0.800 bits per heavy atom. The van der Waals surface area contributed by atoms with E-state index >= 15 is 0 Å². The van der Waals surface area contributed by atoms with Gasteiger partial charge in [0.25, 0.3) is 0 Å². The lowest BCUT2D eigenvalue weighted by atomic mass is 9.87. The Hall–Kier alpha value is -3.56. The van der Waals surface area contributed by atoms with Crippen LogP contribution < -0.4 is 5.73 Å². The van der Waals surface area contributed by atoms with Gasteiger partial charge in [-0.15, -0.1) is 0 Å². The largest absolute Gasteiger partial charge is 0.398 e. The monoisotopic (exact) mass is 321 g/mol. The second kappa shape index (κ2) is 5.23. The second-order valence-corrected chi connectivity index (χ2v) is 6.32. The Balaban J connectivity index is 2.44. The summed E-state index contributed by atoms with van der Waals surface area (Å²) in [6, 6.07) is 18.5. The molecule has 0 atom stereocenters. The maximum absolute atomic E-state index is 9.57. The molecule has 0 saturated carbocycles. The Morgan fingerprint density at radius 2 is 1.56 bits per heavy atom. The molecule has 4 aromatic rings. The third kappa shape index (κ3) is 1.90. The molecule has 0 spiro atoms. The molecule has 0 aliphatic carbocycles. The van der Waals surface area contributed by atoms with Gasteiger partial charge in [-0.25, -0.2) is 0 Å². The lowest BCUT2D eigenvalue weighted by Gasteiger charge is -2.17. The Morgan fingerprint density at radius 3 is 2.28 bits per heavy atom. The molecule has 3 nitrogen and oxygen atoms in total. The SMILES string of the molecule is Cc1c(N)c2cc(C#N)c(C#N)c(C)c2c2c1ccc1ccccc12. The topological polar surface area (TPSA) is 73.6 Å². The van der Waals surface area contributed by atoms with Crippen LogP contribution in [0.3, 0.4) is 0 Å². The smallest absolute Gasteiger partial charge is 0.101 e. The van der Waals surface area contributed by atoms with Crippen molar-refractivity contribution in [3.8, 4) is 12.1 Å². The molecule has 118 valence electrons. The highest BCUT2D eigenvalue weighted by molar-refractivity contribution is 6.25. The van der Waals surface area contributed by atoms with Crippen LogP contribution in [-0.2, 0) is 0 Å². The summed E-state index contributed by atoms with van der Waals surface area (Å²) in [4.78, 5) is 0. The molecule has 2 N–H and O–H groups in total. The highest BCUT2D eigenvalue weighted by atomic mass is 14.6. The number of nitrogen functional groups attached to an aromatic ring is 1. The van der Waals surface area contributed by atoms with Crippen LogP contribution in [0.1, 0.15) is 22.3 Å². The molecular formula is C22H15N3. The molecule has 0 radical (unpaired) electrons. The van der Waals surface area contributed by atoms with Gasteiger partial charge in [0.05, 0.1) is 11.1 Å². The number of hydrogen-bond acceptors (Lipinski definition) is 3. The predicted octanol–water partition coefficient (Wildman–Crippen LogP) is 5.09. The molecule has 0 bridgehead atoms. The molecule has 0 saturated heterocycles. The highest BCUT2D eigenvalue weighted by Gasteiger charge is 2.18. The van der Waals surface area contributed by atoms with E-state index in [9.17, 15) is 10.5 Å². The summed E-state index contributed by atoms with van der Waals surface area (Å²) < 4.78 is 0. The molecule has 25 heavy (non-hydrogen) atoms. The molecule has 0 aliphatic rings. The predicted molar refractivity (Wildman–Crippen MR) is 102 cm³/mol. The van der Waals surface area contributed by atoms with Gasteiger partial charge < -0.3 is 5.73 Å². The lowest BCUT2D eigenvalue weighted by Crippen LogP contribution is -1.99. The van der Waals surface area contributed by atoms with Crippen molar-refractivity contribution in [1.82, 2.24) is 0 Å². The Kier molecular flexibility index (Phi) is 3.14. The second-order valence-electron chi connectivity index (χ2n) is 6.32. The third-order valence-corrected chi connectivity index (χ3v) is 5.09. The molecule has 4 rings (SSSR count). The third-order valence-electron chi connectivity index (χ3n) is 5.09. The number of nitriles is 2. The average Bonchev–Trinajstić information content (AvgIpc) is 2.64. The summed E-state index contributed by atoms with van der Waals surface area (Å²) in [5.41, 5.74) is 9.70. The normalized spacial score (nSPS) is 10.9. The number of aryl methyl sites for hydroxylation is 2. The molecule has 4 aromatic carbocycles. The lowest BCUT2D eigenvalue weighted by molar-refractivity contribution is 1.39. The maximum Gasteiger partial charge on any atom is 0.101 e. The highest BCUT2D eigenvalue weighted by Crippen LogP contribution is 2.41. The summed E-state index contributed by atoms with van der Waals surface area (Å²) in [6.07, 6.45) is 0. The van der Waals surface area contributed by atoms with E-state index in [-0.39, 0.29) is 0 Å². The Labute approximate surface area is 145 Å². The van der Waals surface area contributed by atoms with Gasteiger partial charge >= 0.3 is 0 Å². The molecule has 3 heteroatoms. The van der Waals surface area contributed by atoms with Gasteiger partial charge in [0.15, 0.2) is 0 Å². The number of nitrogens with zero attached hydrogens (tertiary/aromatic N) is 2. The van der Waals surface area contributed by atoms with E-state index in [1.54, 1.807) is 6.07 Å². The zero-order valence-electron chi connectivity index (χ0n) is 14.0. The number of rotatable bonds is 0. The maximum atomic E-state index is 9.57.